The van der Waals surface area contributed by atoms with Crippen LogP contribution >= 0.6 is 0 Å². The maximum atomic E-state index is 14.4. The number of benzene rings is 3. The molecule has 0 aliphatic rings. The largest absolute Gasteiger partial charge is 0.507 e. The smallest absolute Gasteiger partial charge is 0.137 e. The van der Waals surface area contributed by atoms with E-state index in [1.165, 1.54) is 24.4 Å². The van der Waals surface area contributed by atoms with Crippen molar-refractivity contribution in [3.05, 3.63) is 87.2 Å². The fourth-order valence-corrected chi connectivity index (χ4v) is 6.50. The van der Waals surface area contributed by atoms with E-state index in [-0.39, 0.29) is 38.9 Å². The molecule has 1 atom stereocenters. The van der Waals surface area contributed by atoms with Gasteiger partial charge in [0.05, 0.1) is 20.3 Å². The molecule has 270 valence electrons. The van der Waals surface area contributed by atoms with E-state index in [0.29, 0.717) is 17.5 Å². The van der Waals surface area contributed by atoms with Crippen molar-refractivity contribution in [1.29, 1.82) is 0 Å². The highest BCUT2D eigenvalue weighted by atomic mass is 19.1. The van der Waals surface area contributed by atoms with Crippen molar-refractivity contribution in [2.75, 3.05) is 14.2 Å². The number of phenols is 1. The lowest BCUT2D eigenvalue weighted by Gasteiger charge is -2.40. The number of halogens is 1. The Balaban J connectivity index is 2.67. The van der Waals surface area contributed by atoms with Crippen molar-refractivity contribution in [2.24, 2.45) is 10.9 Å². The summed E-state index contributed by atoms with van der Waals surface area (Å²) in [4.78, 5) is 5.05. The van der Waals surface area contributed by atoms with E-state index >= 15 is 0 Å². The lowest BCUT2D eigenvalue weighted by atomic mass is 9.70. The number of ether oxygens (including phenoxy) is 2. The zero-order valence-corrected chi connectivity index (χ0v) is 33.0. The summed E-state index contributed by atoms with van der Waals surface area (Å²) < 4.78 is 26.6. The molecule has 0 amide bonds. The first-order valence-corrected chi connectivity index (χ1v) is 17.5. The molecule has 3 aromatic carbocycles. The van der Waals surface area contributed by atoms with E-state index in [4.69, 9.17) is 14.5 Å². The van der Waals surface area contributed by atoms with Crippen LogP contribution in [0.2, 0.25) is 0 Å². The summed E-state index contributed by atoms with van der Waals surface area (Å²) in [5, 5.41) is 24.5. The SMILES string of the molecule is COc1c(C(C)(C)C)cc(C(O)(c2cc(C(C)(C)C)c(OC)c(C(C)(C)C)c2)C(CC(C)C)N=Cc2cc(F)ccc2O)cc1C(C)(C)C. The van der Waals surface area contributed by atoms with Crippen molar-refractivity contribution >= 4 is 6.21 Å². The Kier molecular flexibility index (Phi) is 11.5. The monoisotopic (exact) mass is 675 g/mol. The van der Waals surface area contributed by atoms with Gasteiger partial charge in [-0.1, -0.05) is 96.9 Å². The van der Waals surface area contributed by atoms with Crippen LogP contribution < -0.4 is 9.47 Å². The van der Waals surface area contributed by atoms with Gasteiger partial charge in [0.15, 0.2) is 0 Å². The molecule has 3 aromatic rings. The van der Waals surface area contributed by atoms with Crippen LogP contribution in [0.25, 0.3) is 0 Å². The van der Waals surface area contributed by atoms with Gasteiger partial charge < -0.3 is 19.7 Å². The third kappa shape index (κ3) is 8.68. The van der Waals surface area contributed by atoms with E-state index in [9.17, 15) is 14.6 Å². The van der Waals surface area contributed by atoms with Crippen LogP contribution in [0, 0.1) is 11.7 Å². The molecule has 0 fully saturated rings. The van der Waals surface area contributed by atoms with E-state index < -0.39 is 17.5 Å². The topological polar surface area (TPSA) is 71.3 Å². The zero-order chi connectivity index (χ0) is 37.5. The Labute approximate surface area is 296 Å². The summed E-state index contributed by atoms with van der Waals surface area (Å²) >= 11 is 0. The third-order valence-electron chi connectivity index (χ3n) is 9.26. The molecule has 0 saturated carbocycles. The minimum Gasteiger partial charge on any atom is -0.507 e. The highest BCUT2D eigenvalue weighted by Gasteiger charge is 2.44. The fraction of sp³-hybridized carbons (Fsp3) is 0.558. The second-order valence-corrected chi connectivity index (χ2v) is 18.1. The first-order valence-electron chi connectivity index (χ1n) is 17.5. The molecule has 2 N–H and O–H groups in total. The molecule has 49 heavy (non-hydrogen) atoms. The van der Waals surface area contributed by atoms with E-state index in [1.807, 2.05) is 0 Å². The van der Waals surface area contributed by atoms with Crippen LogP contribution in [-0.4, -0.2) is 36.7 Å². The van der Waals surface area contributed by atoms with Crippen molar-refractivity contribution in [2.45, 2.75) is 137 Å². The first kappa shape index (κ1) is 40.1. The summed E-state index contributed by atoms with van der Waals surface area (Å²) in [5.74, 6) is 1.19. The maximum absolute atomic E-state index is 14.4. The predicted octanol–water partition coefficient (Wildman–Crippen LogP) is 10.5. The van der Waals surface area contributed by atoms with Crippen LogP contribution in [-0.2, 0) is 27.3 Å². The van der Waals surface area contributed by atoms with Gasteiger partial charge in [0, 0.05) is 34.0 Å². The molecule has 0 bridgehead atoms. The van der Waals surface area contributed by atoms with Crippen LogP contribution in [0.3, 0.4) is 0 Å². The molecule has 0 heterocycles. The number of rotatable bonds is 9. The molecule has 1 unspecified atom stereocenters. The van der Waals surface area contributed by atoms with E-state index in [2.05, 4.69) is 121 Å². The minimum absolute atomic E-state index is 0.0824. The number of hydrogen-bond donors (Lipinski definition) is 2. The lowest BCUT2D eigenvalue weighted by Crippen LogP contribution is -2.42. The maximum Gasteiger partial charge on any atom is 0.137 e. The number of methoxy groups -OCH3 is 2. The standard InChI is InChI=1S/C43H62FNO4/c1-26(2)19-36(45-25-27-20-30(44)17-18-35(27)46)43(47,28-21-31(39(3,4)5)37(48-15)32(22-28)40(6,7)8)29-23-33(41(9,10)11)38(49-16)34(24-29)42(12,13)14/h17-18,20-26,36,46-47H,19H2,1-16H3. The molecule has 0 saturated heterocycles. The van der Waals surface area contributed by atoms with Gasteiger partial charge in [0.1, 0.15) is 28.7 Å². The predicted molar refractivity (Wildman–Crippen MR) is 203 cm³/mol. The number of aromatic hydroxyl groups is 1. The van der Waals surface area contributed by atoms with Gasteiger partial charge in [0.25, 0.3) is 0 Å². The molecule has 0 radical (unpaired) electrons. The molecule has 0 aliphatic carbocycles. The number of aliphatic imine (C=N–C) groups is 1. The Morgan fingerprint density at radius 2 is 1.04 bits per heavy atom. The average molecular weight is 676 g/mol. The van der Waals surface area contributed by atoms with Crippen molar-refractivity contribution in [3.8, 4) is 17.2 Å². The molecular formula is C43H62FNO4. The average Bonchev–Trinajstić information content (AvgIpc) is 2.96. The van der Waals surface area contributed by atoms with Gasteiger partial charge in [-0.2, -0.15) is 0 Å². The van der Waals surface area contributed by atoms with Crippen LogP contribution in [0.4, 0.5) is 4.39 Å². The third-order valence-corrected chi connectivity index (χ3v) is 9.26. The van der Waals surface area contributed by atoms with Crippen molar-refractivity contribution in [1.82, 2.24) is 0 Å². The number of aliphatic hydroxyl groups is 1. The first-order chi connectivity index (χ1) is 22.3. The van der Waals surface area contributed by atoms with E-state index in [1.54, 1.807) is 14.2 Å². The molecule has 5 nitrogen and oxygen atoms in total. The van der Waals surface area contributed by atoms with Crippen molar-refractivity contribution in [3.63, 3.8) is 0 Å². The summed E-state index contributed by atoms with van der Waals surface area (Å²) in [7, 11) is 3.41. The Hall–Kier alpha value is -3.38. The fourth-order valence-electron chi connectivity index (χ4n) is 6.50. The van der Waals surface area contributed by atoms with Crippen LogP contribution in [0.1, 0.15) is 142 Å². The van der Waals surface area contributed by atoms with E-state index in [0.717, 1.165) is 33.8 Å². The van der Waals surface area contributed by atoms with Crippen LogP contribution in [0.5, 0.6) is 17.2 Å². The van der Waals surface area contributed by atoms with Crippen molar-refractivity contribution < 1.29 is 24.1 Å². The molecule has 0 aliphatic heterocycles. The lowest BCUT2D eigenvalue weighted by molar-refractivity contribution is 0.0447. The molecule has 0 spiro atoms. The second kappa shape index (κ2) is 14.1. The Morgan fingerprint density at radius 3 is 1.35 bits per heavy atom. The molecular weight excluding hydrogens is 613 g/mol. The normalized spacial score (nSPS) is 14.1. The quantitative estimate of drug-likeness (QED) is 0.222. The van der Waals surface area contributed by atoms with Gasteiger partial charge >= 0.3 is 0 Å². The summed E-state index contributed by atoms with van der Waals surface area (Å²) in [6, 6.07) is 11.4. The second-order valence-electron chi connectivity index (χ2n) is 18.1. The summed E-state index contributed by atoms with van der Waals surface area (Å²) in [5.41, 5.74) is 2.60. The molecule has 3 rings (SSSR count). The number of nitrogens with zero attached hydrogens (tertiary/aromatic N) is 1. The summed E-state index contributed by atoms with van der Waals surface area (Å²) in [6.45, 7) is 30.0. The van der Waals surface area contributed by atoms with Crippen LogP contribution in [0.15, 0.2) is 47.5 Å². The Morgan fingerprint density at radius 1 is 0.673 bits per heavy atom. The minimum atomic E-state index is -1.66. The van der Waals surface area contributed by atoms with Gasteiger partial charge in [-0.25, -0.2) is 4.39 Å². The molecule has 0 aromatic heterocycles. The number of phenolic OH excluding ortho intramolecular Hbond substituents is 1. The Bertz CT molecular complexity index is 1510. The summed E-state index contributed by atoms with van der Waals surface area (Å²) in [6.07, 6.45) is 2.00. The zero-order valence-electron chi connectivity index (χ0n) is 33.0. The van der Waals surface area contributed by atoms with Gasteiger partial charge in [-0.05, 0) is 87.6 Å². The highest BCUT2D eigenvalue weighted by Crippen LogP contribution is 2.49. The number of hydrogen-bond acceptors (Lipinski definition) is 5. The highest BCUT2D eigenvalue weighted by molar-refractivity contribution is 5.83. The van der Waals surface area contributed by atoms with Gasteiger partial charge in [0.2, 0.25) is 0 Å². The molecule has 6 heteroatoms. The van der Waals surface area contributed by atoms with Gasteiger partial charge in [-0.3, -0.25) is 4.99 Å². The van der Waals surface area contributed by atoms with Gasteiger partial charge in [-0.15, -0.1) is 0 Å².